The summed E-state index contributed by atoms with van der Waals surface area (Å²) in [6.45, 7) is 1.79. The molecule has 5 rings (SSSR count). The highest BCUT2D eigenvalue weighted by atomic mass is 32.1. The first-order valence-electron chi connectivity index (χ1n) is 10.6. The van der Waals surface area contributed by atoms with E-state index in [1.807, 2.05) is 54.6 Å². The first-order chi connectivity index (χ1) is 16.5. The predicted octanol–water partition coefficient (Wildman–Crippen LogP) is 3.48. The number of hydrogen-bond donors (Lipinski definition) is 1. The molecule has 0 saturated carbocycles. The van der Waals surface area contributed by atoms with Gasteiger partial charge < -0.3 is 14.5 Å². The molecule has 0 radical (unpaired) electrons. The fourth-order valence-electron chi connectivity index (χ4n) is 3.96. The largest absolute Gasteiger partial charge is 0.497 e. The predicted molar refractivity (Wildman–Crippen MR) is 131 cm³/mol. The normalized spacial score (nSPS) is 15.6. The number of carbonyl (C=O) groups is 1. The highest BCUT2D eigenvalue weighted by Gasteiger charge is 2.32. The van der Waals surface area contributed by atoms with E-state index in [9.17, 15) is 9.59 Å². The molecular formula is C26H21N3O4S. The maximum atomic E-state index is 13.6. The Kier molecular flexibility index (Phi) is 5.73. The van der Waals surface area contributed by atoms with E-state index < -0.39 is 6.04 Å². The third-order valence-electron chi connectivity index (χ3n) is 5.52. The fraction of sp³-hybridized carbons (Fsp3) is 0.115. The molecule has 34 heavy (non-hydrogen) atoms. The van der Waals surface area contributed by atoms with Crippen LogP contribution in [0.2, 0.25) is 0 Å². The molecule has 1 aliphatic rings. The average molecular weight is 472 g/mol. The van der Waals surface area contributed by atoms with Gasteiger partial charge in [0.15, 0.2) is 4.80 Å². The average Bonchev–Trinajstić information content (AvgIpc) is 3.47. The molecule has 170 valence electrons. The zero-order valence-electron chi connectivity index (χ0n) is 18.5. The van der Waals surface area contributed by atoms with Gasteiger partial charge in [0.25, 0.3) is 11.5 Å². The molecule has 1 atom stereocenters. The van der Waals surface area contributed by atoms with E-state index in [1.54, 1.807) is 43.1 Å². The number of para-hydroxylation sites is 1. The van der Waals surface area contributed by atoms with Crippen LogP contribution in [-0.2, 0) is 4.79 Å². The minimum atomic E-state index is -0.672. The number of amides is 1. The summed E-state index contributed by atoms with van der Waals surface area (Å²) in [7, 11) is 1.58. The lowest BCUT2D eigenvalue weighted by atomic mass is 9.95. The topological polar surface area (TPSA) is 85.8 Å². The number of allylic oxidation sites excluding steroid dienone is 1. The molecule has 2 aromatic carbocycles. The second-order valence-corrected chi connectivity index (χ2v) is 8.70. The SMILES string of the molecule is COc1cccc([C@@H]2C(C(=O)Nc3ccccc3)=C(C)N=c3s/c(=C\c4ccco4)c(=O)n32)c1. The van der Waals surface area contributed by atoms with Gasteiger partial charge in [-0.3, -0.25) is 14.2 Å². The van der Waals surface area contributed by atoms with Gasteiger partial charge in [-0.1, -0.05) is 41.7 Å². The molecule has 0 unspecified atom stereocenters. The van der Waals surface area contributed by atoms with Crippen LogP contribution in [0.3, 0.4) is 0 Å². The number of thiazole rings is 1. The summed E-state index contributed by atoms with van der Waals surface area (Å²) < 4.78 is 12.9. The Morgan fingerprint density at radius 2 is 1.97 bits per heavy atom. The Morgan fingerprint density at radius 1 is 1.15 bits per heavy atom. The Bertz CT molecular complexity index is 1560. The second-order valence-electron chi connectivity index (χ2n) is 7.69. The second kappa shape index (κ2) is 8.99. The summed E-state index contributed by atoms with van der Waals surface area (Å²) in [6.07, 6.45) is 3.24. The summed E-state index contributed by atoms with van der Waals surface area (Å²) in [4.78, 5) is 32.2. The van der Waals surface area contributed by atoms with Gasteiger partial charge >= 0.3 is 0 Å². The monoisotopic (exact) mass is 471 g/mol. The van der Waals surface area contributed by atoms with Crippen LogP contribution in [0.5, 0.6) is 5.75 Å². The summed E-state index contributed by atoms with van der Waals surface area (Å²) in [5, 5.41) is 2.94. The molecule has 4 aromatic rings. The molecule has 1 aliphatic heterocycles. The van der Waals surface area contributed by atoms with Crippen molar-refractivity contribution in [2.45, 2.75) is 13.0 Å². The first kappa shape index (κ1) is 21.7. The third kappa shape index (κ3) is 3.99. The van der Waals surface area contributed by atoms with Gasteiger partial charge in [0.05, 0.1) is 35.2 Å². The van der Waals surface area contributed by atoms with Crippen molar-refractivity contribution in [1.82, 2.24) is 4.57 Å². The number of carbonyl (C=O) groups excluding carboxylic acids is 1. The number of furan rings is 1. The zero-order chi connectivity index (χ0) is 23.7. The van der Waals surface area contributed by atoms with Crippen LogP contribution in [-0.4, -0.2) is 17.6 Å². The van der Waals surface area contributed by atoms with Crippen LogP contribution >= 0.6 is 11.3 Å². The van der Waals surface area contributed by atoms with E-state index in [0.29, 0.717) is 37.8 Å². The van der Waals surface area contributed by atoms with Gasteiger partial charge in [-0.05, 0) is 48.9 Å². The third-order valence-corrected chi connectivity index (χ3v) is 6.51. The van der Waals surface area contributed by atoms with Crippen LogP contribution in [0.15, 0.2) is 98.5 Å². The molecule has 8 heteroatoms. The van der Waals surface area contributed by atoms with Crippen LogP contribution < -0.4 is 24.9 Å². The van der Waals surface area contributed by atoms with Crippen LogP contribution in [0.25, 0.3) is 6.08 Å². The van der Waals surface area contributed by atoms with E-state index in [2.05, 4.69) is 10.3 Å². The molecule has 0 spiro atoms. The minimum absolute atomic E-state index is 0.245. The van der Waals surface area contributed by atoms with Crippen molar-refractivity contribution in [3.63, 3.8) is 0 Å². The van der Waals surface area contributed by atoms with Gasteiger partial charge in [-0.2, -0.15) is 0 Å². The summed E-state index contributed by atoms with van der Waals surface area (Å²) >= 11 is 1.26. The fourth-order valence-corrected chi connectivity index (χ4v) is 4.99. The van der Waals surface area contributed by atoms with E-state index in [0.717, 1.165) is 5.56 Å². The van der Waals surface area contributed by atoms with Crippen LogP contribution in [0.1, 0.15) is 24.3 Å². The molecular weight excluding hydrogens is 450 g/mol. The van der Waals surface area contributed by atoms with Gasteiger partial charge in [0.2, 0.25) is 0 Å². The maximum Gasteiger partial charge on any atom is 0.271 e. The molecule has 0 fully saturated rings. The van der Waals surface area contributed by atoms with Crippen molar-refractivity contribution in [2.75, 3.05) is 12.4 Å². The van der Waals surface area contributed by atoms with Gasteiger partial charge in [-0.25, -0.2) is 4.99 Å². The minimum Gasteiger partial charge on any atom is -0.497 e. The van der Waals surface area contributed by atoms with Gasteiger partial charge in [0, 0.05) is 11.8 Å². The Morgan fingerprint density at radius 3 is 2.71 bits per heavy atom. The Hall–Kier alpha value is -4.17. The molecule has 3 heterocycles. The number of nitrogens with zero attached hydrogens (tertiary/aromatic N) is 2. The van der Waals surface area contributed by atoms with Crippen molar-refractivity contribution in [3.05, 3.63) is 115 Å². The lowest BCUT2D eigenvalue weighted by molar-refractivity contribution is -0.113. The molecule has 1 amide bonds. The van der Waals surface area contributed by atoms with E-state index in [-0.39, 0.29) is 11.5 Å². The lowest BCUT2D eigenvalue weighted by Crippen LogP contribution is -2.40. The molecule has 7 nitrogen and oxygen atoms in total. The first-order valence-corrected chi connectivity index (χ1v) is 11.4. The number of benzene rings is 2. The van der Waals surface area contributed by atoms with Crippen LogP contribution in [0, 0.1) is 0 Å². The van der Waals surface area contributed by atoms with Crippen molar-refractivity contribution in [2.24, 2.45) is 4.99 Å². The van der Waals surface area contributed by atoms with Crippen molar-refractivity contribution < 1.29 is 13.9 Å². The number of anilines is 1. The van der Waals surface area contributed by atoms with E-state index in [1.165, 1.54) is 11.3 Å². The highest BCUT2D eigenvalue weighted by molar-refractivity contribution is 7.07. The zero-order valence-corrected chi connectivity index (χ0v) is 19.3. The van der Waals surface area contributed by atoms with Crippen molar-refractivity contribution in [1.29, 1.82) is 0 Å². The summed E-state index contributed by atoms with van der Waals surface area (Å²) in [5.74, 6) is 0.884. The lowest BCUT2D eigenvalue weighted by Gasteiger charge is -2.25. The number of rotatable bonds is 5. The van der Waals surface area contributed by atoms with Crippen LogP contribution in [0.4, 0.5) is 5.69 Å². The maximum absolute atomic E-state index is 13.6. The van der Waals surface area contributed by atoms with Crippen molar-refractivity contribution >= 4 is 29.0 Å². The number of nitrogens with one attached hydrogen (secondary N) is 1. The van der Waals surface area contributed by atoms with Gasteiger partial charge in [-0.15, -0.1) is 0 Å². The molecule has 0 saturated heterocycles. The van der Waals surface area contributed by atoms with E-state index in [4.69, 9.17) is 9.15 Å². The standard InChI is InChI=1S/C26H21N3O4S/c1-16-22(24(30)28-18-9-4-3-5-10-18)23(17-8-6-11-19(14-17)32-2)29-25(31)21(34-26(29)27-16)15-20-12-7-13-33-20/h3-15,23H,1-2H3,(H,28,30)/b21-15-/t23-/m1/s1. The Labute approximate surface area is 199 Å². The summed E-state index contributed by atoms with van der Waals surface area (Å²) in [5.41, 5.74) is 2.11. The van der Waals surface area contributed by atoms with Crippen molar-refractivity contribution in [3.8, 4) is 5.75 Å². The number of methoxy groups -OCH3 is 1. The highest BCUT2D eigenvalue weighted by Crippen LogP contribution is 2.32. The number of fused-ring (bicyclic) bond motifs is 1. The van der Waals surface area contributed by atoms with Gasteiger partial charge in [0.1, 0.15) is 11.5 Å². The molecule has 0 bridgehead atoms. The smallest absolute Gasteiger partial charge is 0.271 e. The number of hydrogen-bond acceptors (Lipinski definition) is 6. The molecule has 0 aliphatic carbocycles. The van der Waals surface area contributed by atoms with E-state index >= 15 is 0 Å². The summed E-state index contributed by atoms with van der Waals surface area (Å²) in [6, 6.07) is 19.4. The number of ether oxygens (including phenoxy) is 1. The molecule has 1 N–H and O–H groups in total. The molecule has 2 aromatic heterocycles. The Balaban J connectivity index is 1.70. The quantitative estimate of drug-likeness (QED) is 0.483. The number of aromatic nitrogens is 1.